The number of rotatable bonds is 6. The van der Waals surface area contributed by atoms with Gasteiger partial charge in [0.2, 0.25) is 0 Å². The van der Waals surface area contributed by atoms with Gasteiger partial charge in [0.05, 0.1) is 26.5 Å². The van der Waals surface area contributed by atoms with E-state index in [1.54, 1.807) is 51.4 Å². The summed E-state index contributed by atoms with van der Waals surface area (Å²) in [5, 5.41) is 0.926. The lowest BCUT2D eigenvalue weighted by Crippen LogP contribution is -2.48. The van der Waals surface area contributed by atoms with Crippen molar-refractivity contribution in [2.24, 2.45) is 0 Å². The summed E-state index contributed by atoms with van der Waals surface area (Å²) < 4.78 is 10.5. The molecule has 1 fully saturated rings. The van der Waals surface area contributed by atoms with Crippen LogP contribution in [0.25, 0.3) is 0 Å². The summed E-state index contributed by atoms with van der Waals surface area (Å²) >= 11 is 1.45. The zero-order chi connectivity index (χ0) is 21.8. The van der Waals surface area contributed by atoms with E-state index >= 15 is 0 Å². The summed E-state index contributed by atoms with van der Waals surface area (Å²) in [5.41, 5.74) is 1.33. The molecule has 2 heterocycles. The quantitative estimate of drug-likeness (QED) is 0.696. The zero-order valence-electron chi connectivity index (χ0n) is 18.1. The molecule has 30 heavy (non-hydrogen) atoms. The van der Waals surface area contributed by atoms with Gasteiger partial charge in [-0.3, -0.25) is 14.5 Å². The molecule has 0 unspecified atom stereocenters. The van der Waals surface area contributed by atoms with Gasteiger partial charge in [0.25, 0.3) is 11.8 Å². The van der Waals surface area contributed by atoms with E-state index in [0.717, 1.165) is 23.8 Å². The highest BCUT2D eigenvalue weighted by Crippen LogP contribution is 2.25. The molecule has 0 spiro atoms. The minimum absolute atomic E-state index is 0.0135. The highest BCUT2D eigenvalue weighted by molar-refractivity contribution is 7.13. The fraction of sp³-hybridized carbons (Fsp3) is 0.476. The van der Waals surface area contributed by atoms with Crippen molar-refractivity contribution in [1.82, 2.24) is 19.7 Å². The average molecular weight is 433 g/mol. The topological polar surface area (TPSA) is 75.2 Å². The number of carbonyl (C=O) groups excluding carboxylic acids is 2. The molecule has 0 saturated carbocycles. The lowest BCUT2D eigenvalue weighted by Gasteiger charge is -2.34. The summed E-state index contributed by atoms with van der Waals surface area (Å²) in [6, 6.07) is 5.22. The first kappa shape index (κ1) is 22.0. The number of aryl methyl sites for hydroxylation is 1. The number of methoxy groups -OCH3 is 2. The van der Waals surface area contributed by atoms with Gasteiger partial charge in [-0.1, -0.05) is 0 Å². The van der Waals surface area contributed by atoms with Crippen molar-refractivity contribution in [3.8, 4) is 11.5 Å². The molecule has 3 rings (SSSR count). The van der Waals surface area contributed by atoms with Crippen molar-refractivity contribution in [3.05, 3.63) is 39.3 Å². The van der Waals surface area contributed by atoms with Gasteiger partial charge in [0, 0.05) is 51.9 Å². The monoisotopic (exact) mass is 432 g/mol. The number of hydrogen-bond donors (Lipinski definition) is 0. The third-order valence-electron chi connectivity index (χ3n) is 5.06. The molecular formula is C21H28N4O4S. The standard InChI is InChI=1S/C21H28N4O4S/c1-14-19(21(27)23(2)3)30-18(22-14)13-24-6-8-25(9-7-24)20(26)15-10-16(28-4)12-17(11-15)29-5/h10-12H,6-9,13H2,1-5H3. The largest absolute Gasteiger partial charge is 0.497 e. The molecule has 2 aromatic rings. The van der Waals surface area contributed by atoms with Crippen molar-refractivity contribution in [2.45, 2.75) is 13.5 Å². The average Bonchev–Trinajstić information content (AvgIpc) is 3.12. The summed E-state index contributed by atoms with van der Waals surface area (Å²) in [4.78, 5) is 36.1. The Morgan fingerprint density at radius 2 is 1.67 bits per heavy atom. The number of nitrogens with zero attached hydrogens (tertiary/aromatic N) is 4. The van der Waals surface area contributed by atoms with Crippen LogP contribution >= 0.6 is 11.3 Å². The van der Waals surface area contributed by atoms with Crippen molar-refractivity contribution in [2.75, 3.05) is 54.5 Å². The van der Waals surface area contributed by atoms with Gasteiger partial charge in [-0.15, -0.1) is 11.3 Å². The molecule has 1 aliphatic rings. The van der Waals surface area contributed by atoms with Crippen LogP contribution in [0, 0.1) is 6.92 Å². The smallest absolute Gasteiger partial charge is 0.265 e. The van der Waals surface area contributed by atoms with Crippen LogP contribution in [0.5, 0.6) is 11.5 Å². The Balaban J connectivity index is 1.61. The van der Waals surface area contributed by atoms with Gasteiger partial charge < -0.3 is 19.3 Å². The first-order valence-electron chi connectivity index (χ1n) is 9.75. The second kappa shape index (κ2) is 9.44. The minimum Gasteiger partial charge on any atom is -0.497 e. The molecule has 8 nitrogen and oxygen atoms in total. The number of aromatic nitrogens is 1. The molecule has 0 N–H and O–H groups in total. The number of piperazine rings is 1. The normalized spacial score (nSPS) is 14.5. The van der Waals surface area contributed by atoms with Crippen LogP contribution in [0.15, 0.2) is 18.2 Å². The lowest BCUT2D eigenvalue weighted by molar-refractivity contribution is 0.0627. The third-order valence-corrected chi connectivity index (χ3v) is 6.19. The third kappa shape index (κ3) is 4.91. The highest BCUT2D eigenvalue weighted by Gasteiger charge is 2.24. The van der Waals surface area contributed by atoms with E-state index in [1.165, 1.54) is 11.3 Å². The Morgan fingerprint density at radius 3 is 2.20 bits per heavy atom. The second-order valence-electron chi connectivity index (χ2n) is 7.39. The summed E-state index contributed by atoms with van der Waals surface area (Å²) in [6.07, 6.45) is 0. The summed E-state index contributed by atoms with van der Waals surface area (Å²) in [5.74, 6) is 1.15. The van der Waals surface area contributed by atoms with Crippen LogP contribution in [0.4, 0.5) is 0 Å². The van der Waals surface area contributed by atoms with E-state index in [9.17, 15) is 9.59 Å². The van der Waals surface area contributed by atoms with Crippen LogP contribution < -0.4 is 9.47 Å². The van der Waals surface area contributed by atoms with Crippen LogP contribution in [0.2, 0.25) is 0 Å². The SMILES string of the molecule is COc1cc(OC)cc(C(=O)N2CCN(Cc3nc(C)c(C(=O)N(C)C)s3)CC2)c1. The molecule has 0 atom stereocenters. The number of benzene rings is 1. The van der Waals surface area contributed by atoms with E-state index in [1.807, 2.05) is 11.8 Å². The summed E-state index contributed by atoms with van der Waals surface area (Å²) in [6.45, 7) is 5.32. The Labute approximate surface area is 181 Å². The molecule has 9 heteroatoms. The molecule has 162 valence electrons. The van der Waals surface area contributed by atoms with E-state index in [-0.39, 0.29) is 11.8 Å². The van der Waals surface area contributed by atoms with Gasteiger partial charge in [-0.25, -0.2) is 4.98 Å². The maximum absolute atomic E-state index is 12.9. The van der Waals surface area contributed by atoms with Gasteiger partial charge >= 0.3 is 0 Å². The molecular weight excluding hydrogens is 404 g/mol. The second-order valence-corrected chi connectivity index (χ2v) is 8.48. The number of hydrogen-bond acceptors (Lipinski definition) is 7. The first-order valence-corrected chi connectivity index (χ1v) is 10.6. The molecule has 0 bridgehead atoms. The van der Waals surface area contributed by atoms with Gasteiger partial charge in [-0.2, -0.15) is 0 Å². The van der Waals surface area contributed by atoms with Crippen LogP contribution in [-0.2, 0) is 6.54 Å². The van der Waals surface area contributed by atoms with E-state index < -0.39 is 0 Å². The summed E-state index contributed by atoms with van der Waals surface area (Å²) in [7, 11) is 6.63. The van der Waals surface area contributed by atoms with Crippen LogP contribution in [-0.4, -0.2) is 86.0 Å². The molecule has 1 aromatic heterocycles. The number of ether oxygens (including phenoxy) is 2. The van der Waals surface area contributed by atoms with E-state index in [2.05, 4.69) is 9.88 Å². The van der Waals surface area contributed by atoms with Crippen molar-refractivity contribution < 1.29 is 19.1 Å². The highest BCUT2D eigenvalue weighted by atomic mass is 32.1. The molecule has 1 aromatic carbocycles. The maximum atomic E-state index is 12.9. The van der Waals surface area contributed by atoms with E-state index in [4.69, 9.17) is 9.47 Å². The fourth-order valence-electron chi connectivity index (χ4n) is 3.34. The Hall–Kier alpha value is -2.65. The van der Waals surface area contributed by atoms with Gasteiger partial charge in [0.1, 0.15) is 21.4 Å². The fourth-order valence-corrected chi connectivity index (χ4v) is 4.46. The Bertz CT molecular complexity index is 897. The molecule has 2 amide bonds. The maximum Gasteiger partial charge on any atom is 0.265 e. The van der Waals surface area contributed by atoms with E-state index in [0.29, 0.717) is 41.6 Å². The predicted octanol–water partition coefficient (Wildman–Crippen LogP) is 2.13. The Kier molecular flexibility index (Phi) is 6.94. The minimum atomic E-state index is -0.0317. The zero-order valence-corrected chi connectivity index (χ0v) is 18.9. The van der Waals surface area contributed by atoms with Crippen molar-refractivity contribution in [3.63, 3.8) is 0 Å². The molecule has 0 radical (unpaired) electrons. The number of amides is 2. The first-order chi connectivity index (χ1) is 14.3. The molecule has 1 saturated heterocycles. The lowest BCUT2D eigenvalue weighted by atomic mass is 10.1. The van der Waals surface area contributed by atoms with Crippen molar-refractivity contribution in [1.29, 1.82) is 0 Å². The van der Waals surface area contributed by atoms with Gasteiger partial charge in [-0.05, 0) is 19.1 Å². The number of thiazole rings is 1. The van der Waals surface area contributed by atoms with Crippen molar-refractivity contribution >= 4 is 23.2 Å². The van der Waals surface area contributed by atoms with Gasteiger partial charge in [0.15, 0.2) is 0 Å². The molecule has 1 aliphatic heterocycles. The Morgan fingerprint density at radius 1 is 1.07 bits per heavy atom. The molecule has 0 aliphatic carbocycles. The number of carbonyl (C=O) groups is 2. The van der Waals surface area contributed by atoms with Crippen LogP contribution in [0.3, 0.4) is 0 Å². The predicted molar refractivity (Wildman–Crippen MR) is 116 cm³/mol. The van der Waals surface area contributed by atoms with Crippen LogP contribution in [0.1, 0.15) is 30.7 Å².